The van der Waals surface area contributed by atoms with E-state index in [1.165, 1.54) is 15.3 Å². The van der Waals surface area contributed by atoms with Crippen molar-refractivity contribution in [2.24, 2.45) is 0 Å². The molecule has 3 heteroatoms. The number of hydrogen-bond donors (Lipinski definition) is 0. The Hall–Kier alpha value is -1.71. The van der Waals surface area contributed by atoms with E-state index < -0.39 is 0 Å². The van der Waals surface area contributed by atoms with Crippen LogP contribution in [0, 0.1) is 0 Å². The summed E-state index contributed by atoms with van der Waals surface area (Å²) in [6, 6.07) is 14.4. The Labute approximate surface area is 114 Å². The third-order valence-corrected chi connectivity index (χ3v) is 4.28. The Bertz CT molecular complexity index is 622. The lowest BCUT2D eigenvalue weighted by molar-refractivity contribution is 1.28. The van der Waals surface area contributed by atoms with Crippen LogP contribution in [0.2, 0.25) is 0 Å². The largest absolute Gasteiger partial charge is 0.256 e. The lowest BCUT2D eigenvalue weighted by Crippen LogP contribution is -1.87. The molecule has 0 atom stereocenters. The van der Waals surface area contributed by atoms with Crippen LogP contribution in [0.5, 0.6) is 0 Å². The minimum atomic E-state index is 1.02. The molecule has 3 aromatic heterocycles. The molecule has 0 unspecified atom stereocenters. The van der Waals surface area contributed by atoms with Crippen molar-refractivity contribution in [1.82, 2.24) is 4.98 Å². The molecule has 0 aliphatic carbocycles. The molecule has 3 heterocycles. The van der Waals surface area contributed by atoms with Crippen LogP contribution in [0.25, 0.3) is 11.6 Å². The fourth-order valence-corrected chi connectivity index (χ4v) is 3.15. The molecule has 0 fully saturated rings. The van der Waals surface area contributed by atoms with Crippen molar-refractivity contribution in [3.8, 4) is 0 Å². The molecule has 3 aromatic rings. The highest BCUT2D eigenvalue weighted by atomic mass is 32.1. The van der Waals surface area contributed by atoms with Crippen molar-refractivity contribution in [2.45, 2.75) is 0 Å². The van der Waals surface area contributed by atoms with Gasteiger partial charge in [-0.25, -0.2) is 0 Å². The summed E-state index contributed by atoms with van der Waals surface area (Å²) in [5.41, 5.74) is 2.21. The summed E-state index contributed by atoms with van der Waals surface area (Å²) in [6.45, 7) is 0. The molecule has 0 saturated heterocycles. The Morgan fingerprint density at radius 2 is 1.83 bits per heavy atom. The monoisotopic (exact) mass is 269 g/mol. The molecule has 0 bridgehead atoms. The van der Waals surface area contributed by atoms with E-state index >= 15 is 0 Å². The molecular weight excluding hydrogens is 258 g/mol. The van der Waals surface area contributed by atoms with Crippen molar-refractivity contribution >= 4 is 34.3 Å². The van der Waals surface area contributed by atoms with Crippen molar-refractivity contribution < 1.29 is 0 Å². The first-order chi connectivity index (χ1) is 8.93. The summed E-state index contributed by atoms with van der Waals surface area (Å²) >= 11 is 3.49. The summed E-state index contributed by atoms with van der Waals surface area (Å²) in [4.78, 5) is 6.96. The van der Waals surface area contributed by atoms with Crippen molar-refractivity contribution in [2.75, 3.05) is 0 Å². The van der Waals surface area contributed by atoms with E-state index in [4.69, 9.17) is 0 Å². The van der Waals surface area contributed by atoms with Gasteiger partial charge in [-0.3, -0.25) is 4.98 Å². The van der Waals surface area contributed by atoms with E-state index in [0.29, 0.717) is 0 Å². The SMILES string of the molecule is C(=C(c1ccccn1)c1cccs1)c1cccs1. The fraction of sp³-hybridized carbons (Fsp3) is 0. The van der Waals surface area contributed by atoms with Gasteiger partial charge in [0.15, 0.2) is 0 Å². The number of pyridine rings is 1. The summed E-state index contributed by atoms with van der Waals surface area (Å²) in [7, 11) is 0. The van der Waals surface area contributed by atoms with Crippen molar-refractivity contribution in [3.05, 3.63) is 74.9 Å². The van der Waals surface area contributed by atoms with E-state index in [1.807, 2.05) is 18.3 Å². The number of hydrogen-bond acceptors (Lipinski definition) is 3. The highest BCUT2D eigenvalue weighted by Crippen LogP contribution is 2.29. The average Bonchev–Trinajstić information content (AvgIpc) is 3.10. The molecule has 1 nitrogen and oxygen atoms in total. The number of thiophene rings is 2. The Kier molecular flexibility index (Phi) is 3.35. The highest BCUT2D eigenvalue weighted by Gasteiger charge is 2.07. The lowest BCUT2D eigenvalue weighted by Gasteiger charge is -2.03. The van der Waals surface area contributed by atoms with Gasteiger partial charge >= 0.3 is 0 Å². The molecular formula is C15H11NS2. The molecule has 18 heavy (non-hydrogen) atoms. The van der Waals surface area contributed by atoms with Crippen molar-refractivity contribution in [3.63, 3.8) is 0 Å². The quantitative estimate of drug-likeness (QED) is 0.666. The first-order valence-electron chi connectivity index (χ1n) is 5.64. The summed E-state index contributed by atoms with van der Waals surface area (Å²) in [5, 5.41) is 4.19. The Morgan fingerprint density at radius 3 is 2.50 bits per heavy atom. The second kappa shape index (κ2) is 5.29. The van der Waals surface area contributed by atoms with Gasteiger partial charge in [0, 0.05) is 21.5 Å². The van der Waals surface area contributed by atoms with Crippen LogP contribution in [-0.4, -0.2) is 4.98 Å². The molecule has 0 radical (unpaired) electrons. The van der Waals surface area contributed by atoms with Crippen LogP contribution in [0.3, 0.4) is 0 Å². The van der Waals surface area contributed by atoms with E-state index in [9.17, 15) is 0 Å². The minimum absolute atomic E-state index is 1.02. The van der Waals surface area contributed by atoms with Gasteiger partial charge in [0.1, 0.15) is 0 Å². The second-order valence-electron chi connectivity index (χ2n) is 3.77. The van der Waals surface area contributed by atoms with Crippen LogP contribution >= 0.6 is 22.7 Å². The van der Waals surface area contributed by atoms with E-state index in [0.717, 1.165) is 5.69 Å². The standard InChI is InChI=1S/C15H11NS2/c1-2-8-16-14(6-1)13(15-7-4-10-18-15)11-12-5-3-9-17-12/h1-11H. The van der Waals surface area contributed by atoms with Gasteiger partial charge in [0.25, 0.3) is 0 Å². The third-order valence-electron chi connectivity index (χ3n) is 2.56. The average molecular weight is 269 g/mol. The van der Waals surface area contributed by atoms with Gasteiger partial charge in [-0.15, -0.1) is 22.7 Å². The maximum atomic E-state index is 4.46. The molecule has 0 spiro atoms. The summed E-state index contributed by atoms with van der Waals surface area (Å²) in [6.07, 6.45) is 4.05. The van der Waals surface area contributed by atoms with Crippen LogP contribution in [0.4, 0.5) is 0 Å². The predicted molar refractivity (Wildman–Crippen MR) is 79.8 cm³/mol. The maximum absolute atomic E-state index is 4.46. The topological polar surface area (TPSA) is 12.9 Å². The van der Waals surface area contributed by atoms with Gasteiger partial charge in [0.2, 0.25) is 0 Å². The fourth-order valence-electron chi connectivity index (χ4n) is 1.74. The van der Waals surface area contributed by atoms with Crippen LogP contribution in [0.15, 0.2) is 59.4 Å². The normalized spacial score (nSPS) is 11.7. The van der Waals surface area contributed by atoms with E-state index in [1.54, 1.807) is 22.7 Å². The van der Waals surface area contributed by atoms with Gasteiger partial charge in [-0.05, 0) is 41.1 Å². The number of rotatable bonds is 3. The Morgan fingerprint density at radius 1 is 0.944 bits per heavy atom. The Balaban J connectivity index is 2.10. The predicted octanol–water partition coefficient (Wildman–Crippen LogP) is 4.79. The molecule has 3 rings (SSSR count). The molecule has 0 aliphatic rings. The highest BCUT2D eigenvalue weighted by molar-refractivity contribution is 7.12. The van der Waals surface area contributed by atoms with Gasteiger partial charge in [-0.2, -0.15) is 0 Å². The third kappa shape index (κ3) is 2.42. The minimum Gasteiger partial charge on any atom is -0.256 e. The summed E-state index contributed by atoms with van der Waals surface area (Å²) < 4.78 is 0. The zero-order chi connectivity index (χ0) is 12.2. The second-order valence-corrected chi connectivity index (χ2v) is 5.69. The summed E-state index contributed by atoms with van der Waals surface area (Å²) in [5.74, 6) is 0. The molecule has 0 aliphatic heterocycles. The number of aromatic nitrogens is 1. The van der Waals surface area contributed by atoms with E-state index in [2.05, 4.69) is 52.2 Å². The zero-order valence-corrected chi connectivity index (χ0v) is 11.2. The first-order valence-corrected chi connectivity index (χ1v) is 7.40. The molecule has 88 valence electrons. The van der Waals surface area contributed by atoms with Crippen molar-refractivity contribution in [1.29, 1.82) is 0 Å². The van der Waals surface area contributed by atoms with Crippen LogP contribution in [-0.2, 0) is 0 Å². The molecule has 0 N–H and O–H groups in total. The van der Waals surface area contributed by atoms with Gasteiger partial charge in [-0.1, -0.05) is 18.2 Å². The number of nitrogens with zero attached hydrogens (tertiary/aromatic N) is 1. The zero-order valence-electron chi connectivity index (χ0n) is 9.61. The van der Waals surface area contributed by atoms with Gasteiger partial charge < -0.3 is 0 Å². The van der Waals surface area contributed by atoms with Crippen LogP contribution < -0.4 is 0 Å². The lowest BCUT2D eigenvalue weighted by atomic mass is 10.1. The maximum Gasteiger partial charge on any atom is 0.0716 e. The molecule has 0 saturated carbocycles. The smallest absolute Gasteiger partial charge is 0.0716 e. The van der Waals surface area contributed by atoms with Gasteiger partial charge in [0.05, 0.1) is 5.69 Å². The molecule has 0 amide bonds. The van der Waals surface area contributed by atoms with Crippen LogP contribution in [0.1, 0.15) is 15.4 Å². The molecule has 0 aromatic carbocycles. The van der Waals surface area contributed by atoms with E-state index in [-0.39, 0.29) is 0 Å². The first kappa shape index (κ1) is 11.4.